The zero-order chi connectivity index (χ0) is 13.1. The lowest BCUT2D eigenvalue weighted by atomic mass is 10.2. The molecule has 0 atom stereocenters. The highest BCUT2D eigenvalue weighted by atomic mass is 19.2. The molecule has 2 nitrogen and oxygen atoms in total. The number of halogens is 3. The summed E-state index contributed by atoms with van der Waals surface area (Å²) in [5.74, 6) is -2.42. The van der Waals surface area contributed by atoms with Gasteiger partial charge in [0.25, 0.3) is 0 Å². The smallest absolute Gasteiger partial charge is 0.203 e. The van der Waals surface area contributed by atoms with Crippen LogP contribution in [0.25, 0.3) is 0 Å². The Morgan fingerprint density at radius 3 is 2.22 bits per heavy atom. The quantitative estimate of drug-likeness (QED) is 0.764. The van der Waals surface area contributed by atoms with Crippen LogP contribution < -0.4 is 9.86 Å². The van der Waals surface area contributed by atoms with Crippen LogP contribution >= 0.6 is 0 Å². The number of para-hydroxylation sites is 1. The van der Waals surface area contributed by atoms with Crippen LogP contribution in [0.15, 0.2) is 42.5 Å². The molecule has 0 amide bonds. The lowest BCUT2D eigenvalue weighted by Crippen LogP contribution is -2.06. The van der Waals surface area contributed by atoms with Gasteiger partial charge in [0.2, 0.25) is 5.82 Å². The van der Waals surface area contributed by atoms with E-state index in [1.807, 2.05) is 0 Å². The molecule has 0 saturated heterocycles. The van der Waals surface area contributed by atoms with Crippen LogP contribution in [0.3, 0.4) is 0 Å². The van der Waals surface area contributed by atoms with E-state index in [9.17, 15) is 13.3 Å². The van der Waals surface area contributed by atoms with E-state index >= 15 is 0 Å². The van der Waals surface area contributed by atoms with Gasteiger partial charge in [-0.15, -0.1) is 4.48 Å². The number of benzene rings is 2. The number of nitrogens with zero attached hydrogens (tertiary/aromatic N) is 1. The monoisotopic (exact) mass is 253 g/mol. The van der Waals surface area contributed by atoms with Crippen molar-refractivity contribution in [2.45, 2.75) is 0 Å². The first kappa shape index (κ1) is 12.3. The first-order valence-electron chi connectivity index (χ1n) is 5.20. The molecule has 0 saturated carbocycles. The van der Waals surface area contributed by atoms with Crippen molar-refractivity contribution < 1.29 is 18.0 Å². The average molecular weight is 253 g/mol. The van der Waals surface area contributed by atoms with Gasteiger partial charge in [-0.1, -0.05) is 18.2 Å². The molecule has 2 aromatic carbocycles. The summed E-state index contributed by atoms with van der Waals surface area (Å²) in [6, 6.07) is 10.7. The molecule has 0 unspecified atom stereocenters. The Balaban J connectivity index is 2.33. The molecule has 0 aliphatic heterocycles. The van der Waals surface area contributed by atoms with Gasteiger partial charge in [-0.05, 0) is 24.3 Å². The number of hydrogen-bond donors (Lipinski definition) is 0. The predicted molar refractivity (Wildman–Crippen MR) is 62.4 cm³/mol. The number of ether oxygens (including phenoxy) is 1. The molecule has 0 N–H and O–H groups in total. The molecule has 0 bridgehead atoms. The third kappa shape index (κ3) is 2.40. The normalized spacial score (nSPS) is 10.2. The van der Waals surface area contributed by atoms with E-state index in [0.717, 1.165) is 13.1 Å². The largest absolute Gasteiger partial charge is 0.454 e. The summed E-state index contributed by atoms with van der Waals surface area (Å²) in [5, 5.41) is 0.00467. The number of anilines is 1. The maximum absolute atomic E-state index is 13.6. The van der Waals surface area contributed by atoms with Crippen LogP contribution in [0.4, 0.5) is 18.9 Å². The fraction of sp³-hybridized carbons (Fsp3) is 0.0769. The molecule has 0 aliphatic rings. The van der Waals surface area contributed by atoms with Gasteiger partial charge in [0.15, 0.2) is 11.6 Å². The van der Waals surface area contributed by atoms with E-state index in [4.69, 9.17) is 4.74 Å². The molecule has 2 aromatic rings. The van der Waals surface area contributed by atoms with Crippen LogP contribution in [-0.2, 0) is 0 Å². The fourth-order valence-electron chi connectivity index (χ4n) is 1.45. The van der Waals surface area contributed by atoms with Crippen LogP contribution in [0.2, 0.25) is 0 Å². The standard InChI is InChI=1S/C13H10F3NO/c1-17(16)10-7-8-11(13(15)12(10)14)18-9-5-3-2-4-6-9/h2-8H,1H3. The Kier molecular flexibility index (Phi) is 3.41. The van der Waals surface area contributed by atoms with Gasteiger partial charge in [0.05, 0.1) is 0 Å². The van der Waals surface area contributed by atoms with Gasteiger partial charge in [-0.25, -0.2) is 9.51 Å². The van der Waals surface area contributed by atoms with Crippen molar-refractivity contribution in [1.82, 2.24) is 0 Å². The lowest BCUT2D eigenvalue weighted by molar-refractivity contribution is 0.406. The fourth-order valence-corrected chi connectivity index (χ4v) is 1.45. The minimum atomic E-state index is -1.28. The van der Waals surface area contributed by atoms with Gasteiger partial charge < -0.3 is 4.74 Å². The summed E-state index contributed by atoms with van der Waals surface area (Å²) in [6.07, 6.45) is 0. The van der Waals surface area contributed by atoms with Crippen molar-refractivity contribution >= 4 is 5.69 Å². The van der Waals surface area contributed by atoms with Crippen LogP contribution in [0.5, 0.6) is 11.5 Å². The molecule has 0 heterocycles. The second-order valence-corrected chi connectivity index (χ2v) is 3.60. The van der Waals surface area contributed by atoms with Gasteiger partial charge >= 0.3 is 0 Å². The Morgan fingerprint density at radius 2 is 1.61 bits per heavy atom. The van der Waals surface area contributed by atoms with E-state index in [2.05, 4.69) is 0 Å². The summed E-state index contributed by atoms with van der Waals surface area (Å²) in [5.41, 5.74) is -0.479. The molecule has 0 fully saturated rings. The van der Waals surface area contributed by atoms with Crippen molar-refractivity contribution in [2.75, 3.05) is 12.2 Å². The summed E-state index contributed by atoms with van der Waals surface area (Å²) < 4.78 is 45.1. The van der Waals surface area contributed by atoms with Crippen LogP contribution in [-0.4, -0.2) is 7.05 Å². The van der Waals surface area contributed by atoms with Crippen LogP contribution in [0.1, 0.15) is 0 Å². The molecule has 0 aromatic heterocycles. The molecule has 94 valence electrons. The Labute approximate surface area is 102 Å². The zero-order valence-corrected chi connectivity index (χ0v) is 9.53. The lowest BCUT2D eigenvalue weighted by Gasteiger charge is -2.12. The molecule has 0 spiro atoms. The summed E-state index contributed by atoms with van der Waals surface area (Å²) in [7, 11) is 0.982. The molecule has 5 heteroatoms. The highest BCUT2D eigenvalue weighted by molar-refractivity contribution is 5.49. The Morgan fingerprint density at radius 1 is 0.944 bits per heavy atom. The molecule has 0 aliphatic carbocycles. The minimum absolute atomic E-state index is 0.00467. The topological polar surface area (TPSA) is 12.5 Å². The first-order valence-corrected chi connectivity index (χ1v) is 5.20. The van der Waals surface area contributed by atoms with E-state index < -0.39 is 17.3 Å². The third-order valence-electron chi connectivity index (χ3n) is 2.33. The molecule has 18 heavy (non-hydrogen) atoms. The second-order valence-electron chi connectivity index (χ2n) is 3.60. The summed E-state index contributed by atoms with van der Waals surface area (Å²) in [4.78, 5) is 0. The molecular formula is C13H10F3NO. The molecular weight excluding hydrogens is 243 g/mol. The van der Waals surface area contributed by atoms with Gasteiger partial charge in [-0.2, -0.15) is 4.39 Å². The SMILES string of the molecule is CN(F)c1ccc(Oc2ccccc2)c(F)c1F. The van der Waals surface area contributed by atoms with Crippen molar-refractivity contribution in [3.8, 4) is 11.5 Å². The predicted octanol–water partition coefficient (Wildman–Crippen LogP) is 4.08. The zero-order valence-electron chi connectivity index (χ0n) is 9.53. The second kappa shape index (κ2) is 5.00. The summed E-state index contributed by atoms with van der Waals surface area (Å²) >= 11 is 0. The van der Waals surface area contributed by atoms with E-state index in [-0.39, 0.29) is 10.9 Å². The van der Waals surface area contributed by atoms with Crippen molar-refractivity contribution in [3.63, 3.8) is 0 Å². The maximum atomic E-state index is 13.6. The van der Waals surface area contributed by atoms with Gasteiger partial charge in [-0.3, -0.25) is 0 Å². The van der Waals surface area contributed by atoms with E-state index in [1.165, 1.54) is 6.07 Å². The Hall–Kier alpha value is -2.17. The molecule has 2 rings (SSSR count). The number of rotatable bonds is 3. The highest BCUT2D eigenvalue weighted by Gasteiger charge is 2.17. The third-order valence-corrected chi connectivity index (χ3v) is 2.33. The number of hydrogen-bond acceptors (Lipinski definition) is 2. The highest BCUT2D eigenvalue weighted by Crippen LogP contribution is 2.30. The van der Waals surface area contributed by atoms with Gasteiger partial charge in [0, 0.05) is 7.05 Å². The van der Waals surface area contributed by atoms with Crippen LogP contribution in [0, 0.1) is 11.6 Å². The van der Waals surface area contributed by atoms with Crippen molar-refractivity contribution in [3.05, 3.63) is 54.1 Å². The van der Waals surface area contributed by atoms with E-state index in [1.54, 1.807) is 30.3 Å². The average Bonchev–Trinajstić information content (AvgIpc) is 2.36. The minimum Gasteiger partial charge on any atom is -0.454 e. The van der Waals surface area contributed by atoms with E-state index in [0.29, 0.717) is 5.75 Å². The first-order chi connectivity index (χ1) is 8.59. The summed E-state index contributed by atoms with van der Waals surface area (Å²) in [6.45, 7) is 0. The maximum Gasteiger partial charge on any atom is 0.203 e. The molecule has 0 radical (unpaired) electrons. The van der Waals surface area contributed by atoms with Crippen molar-refractivity contribution in [2.24, 2.45) is 0 Å². The van der Waals surface area contributed by atoms with Crippen molar-refractivity contribution in [1.29, 1.82) is 0 Å². The van der Waals surface area contributed by atoms with Gasteiger partial charge in [0.1, 0.15) is 11.4 Å². The Bertz CT molecular complexity index is 543.